The average Bonchev–Trinajstić information content (AvgIpc) is 2.61. The summed E-state index contributed by atoms with van der Waals surface area (Å²) in [4.78, 5) is 24.2. The van der Waals surface area contributed by atoms with Gasteiger partial charge >= 0.3 is 0 Å². The molecule has 1 saturated carbocycles. The van der Waals surface area contributed by atoms with Crippen LogP contribution >= 0.6 is 0 Å². The van der Waals surface area contributed by atoms with E-state index in [0.717, 1.165) is 44.1 Å². The van der Waals surface area contributed by atoms with Crippen molar-refractivity contribution < 1.29 is 14.8 Å². The first-order valence-corrected chi connectivity index (χ1v) is 8.85. The fourth-order valence-electron chi connectivity index (χ4n) is 3.43. The summed E-state index contributed by atoms with van der Waals surface area (Å²) < 4.78 is 0. The number of hydrogen-bond acceptors (Lipinski definition) is 3. The third-order valence-electron chi connectivity index (χ3n) is 5.06. The molecule has 2 rings (SSSR count). The Morgan fingerprint density at radius 1 is 1.17 bits per heavy atom. The molecule has 1 aliphatic carbocycles. The molecule has 132 valence electrons. The molecule has 0 aromatic heterocycles. The Morgan fingerprint density at radius 2 is 1.79 bits per heavy atom. The Bertz CT molecular complexity index is 562. The number of carbonyl (C=O) groups is 2. The second-order valence-electron chi connectivity index (χ2n) is 7.00. The summed E-state index contributed by atoms with van der Waals surface area (Å²) >= 11 is 0. The lowest BCUT2D eigenvalue weighted by Crippen LogP contribution is -2.42. The summed E-state index contributed by atoms with van der Waals surface area (Å²) in [6.07, 6.45) is 7.17. The van der Waals surface area contributed by atoms with Crippen LogP contribution in [-0.4, -0.2) is 17.0 Å². The van der Waals surface area contributed by atoms with E-state index in [9.17, 15) is 9.59 Å². The Labute approximate surface area is 143 Å². The predicted molar refractivity (Wildman–Crippen MR) is 92.7 cm³/mol. The molecule has 1 aliphatic rings. The first-order chi connectivity index (χ1) is 11.5. The molecule has 0 saturated heterocycles. The average molecular weight is 332 g/mol. The topological polar surface area (TPSA) is 78.4 Å². The van der Waals surface area contributed by atoms with Crippen LogP contribution in [0.3, 0.4) is 0 Å². The van der Waals surface area contributed by atoms with Gasteiger partial charge < -0.3 is 5.32 Å². The zero-order valence-corrected chi connectivity index (χ0v) is 14.6. The summed E-state index contributed by atoms with van der Waals surface area (Å²) in [6.45, 7) is 4.16. The number of carbonyl (C=O) groups excluding carboxylic acids is 2. The maximum absolute atomic E-state index is 12.8. The molecule has 1 unspecified atom stereocenters. The van der Waals surface area contributed by atoms with Gasteiger partial charge in [0.15, 0.2) is 0 Å². The standard InChI is InChI=1S/C19H28N2O3/c1-3-7-16(14-8-10-15(11-9-14)17(22)21-24)20-18(23)19(2)12-5-4-6-13-19/h8-11,16,24H,3-7,12-13H2,1-2H3,(H,20,23)(H,21,22). The van der Waals surface area contributed by atoms with Crippen molar-refractivity contribution in [2.45, 2.75) is 64.8 Å². The largest absolute Gasteiger partial charge is 0.349 e. The van der Waals surface area contributed by atoms with Gasteiger partial charge in [-0.15, -0.1) is 0 Å². The molecule has 1 fully saturated rings. The molecular formula is C19H28N2O3. The Balaban J connectivity index is 2.11. The third-order valence-corrected chi connectivity index (χ3v) is 5.06. The zero-order valence-electron chi connectivity index (χ0n) is 14.6. The van der Waals surface area contributed by atoms with Crippen LogP contribution in [0, 0.1) is 5.41 Å². The van der Waals surface area contributed by atoms with Gasteiger partial charge in [-0.05, 0) is 37.0 Å². The maximum atomic E-state index is 12.8. The molecule has 0 aliphatic heterocycles. The minimum absolute atomic E-state index is 0.0486. The van der Waals surface area contributed by atoms with Crippen LogP contribution in [0.15, 0.2) is 24.3 Å². The van der Waals surface area contributed by atoms with Crippen molar-refractivity contribution in [1.29, 1.82) is 0 Å². The minimum atomic E-state index is -0.535. The van der Waals surface area contributed by atoms with E-state index < -0.39 is 5.91 Å². The molecule has 0 bridgehead atoms. The highest BCUT2D eigenvalue weighted by Crippen LogP contribution is 2.36. The summed E-state index contributed by atoms with van der Waals surface area (Å²) in [5, 5.41) is 11.9. The van der Waals surface area contributed by atoms with Gasteiger partial charge in [-0.3, -0.25) is 14.8 Å². The van der Waals surface area contributed by atoms with Crippen LogP contribution in [0.5, 0.6) is 0 Å². The highest BCUT2D eigenvalue weighted by Gasteiger charge is 2.35. The third kappa shape index (κ3) is 4.35. The number of hydroxylamine groups is 1. The Morgan fingerprint density at radius 3 is 2.33 bits per heavy atom. The molecule has 24 heavy (non-hydrogen) atoms. The van der Waals surface area contributed by atoms with Crippen molar-refractivity contribution in [1.82, 2.24) is 10.8 Å². The highest BCUT2D eigenvalue weighted by molar-refractivity contribution is 5.93. The number of nitrogens with one attached hydrogen (secondary N) is 2. The summed E-state index contributed by atoms with van der Waals surface area (Å²) in [5.74, 6) is -0.398. The Hall–Kier alpha value is -1.88. The van der Waals surface area contributed by atoms with Crippen molar-refractivity contribution in [3.8, 4) is 0 Å². The van der Waals surface area contributed by atoms with E-state index in [1.54, 1.807) is 17.6 Å². The normalized spacial score (nSPS) is 17.8. The molecule has 1 atom stereocenters. The number of rotatable bonds is 6. The number of benzene rings is 1. The molecule has 2 amide bonds. The molecular weight excluding hydrogens is 304 g/mol. The van der Waals surface area contributed by atoms with Gasteiger partial charge in [0.1, 0.15) is 0 Å². The predicted octanol–water partition coefficient (Wildman–Crippen LogP) is 3.73. The molecule has 1 aromatic carbocycles. The van der Waals surface area contributed by atoms with Crippen molar-refractivity contribution >= 4 is 11.8 Å². The van der Waals surface area contributed by atoms with E-state index >= 15 is 0 Å². The van der Waals surface area contributed by atoms with Crippen LogP contribution in [0.2, 0.25) is 0 Å². The molecule has 0 spiro atoms. The van der Waals surface area contributed by atoms with Crippen molar-refractivity contribution in [3.63, 3.8) is 0 Å². The molecule has 5 nitrogen and oxygen atoms in total. The lowest BCUT2D eigenvalue weighted by molar-refractivity contribution is -0.132. The van der Waals surface area contributed by atoms with E-state index in [-0.39, 0.29) is 17.4 Å². The van der Waals surface area contributed by atoms with Crippen LogP contribution in [-0.2, 0) is 4.79 Å². The zero-order chi connectivity index (χ0) is 17.6. The quantitative estimate of drug-likeness (QED) is 0.548. The number of hydrogen-bond donors (Lipinski definition) is 3. The fraction of sp³-hybridized carbons (Fsp3) is 0.579. The van der Waals surface area contributed by atoms with Crippen LogP contribution in [0.1, 0.15) is 80.8 Å². The van der Waals surface area contributed by atoms with Crippen LogP contribution in [0.25, 0.3) is 0 Å². The summed E-state index contributed by atoms with van der Waals surface area (Å²) in [5.41, 5.74) is 2.74. The van der Waals surface area contributed by atoms with Crippen molar-refractivity contribution in [2.75, 3.05) is 0 Å². The van der Waals surface area contributed by atoms with Gasteiger partial charge in [0.2, 0.25) is 5.91 Å². The summed E-state index contributed by atoms with van der Waals surface area (Å²) in [6, 6.07) is 6.96. The van der Waals surface area contributed by atoms with Gasteiger partial charge in [-0.2, -0.15) is 0 Å². The SMILES string of the molecule is CCCC(NC(=O)C1(C)CCCCC1)c1ccc(C(=O)NO)cc1. The smallest absolute Gasteiger partial charge is 0.274 e. The first-order valence-electron chi connectivity index (χ1n) is 8.85. The monoisotopic (exact) mass is 332 g/mol. The first kappa shape index (κ1) is 18.5. The van der Waals surface area contributed by atoms with Gasteiger partial charge in [0, 0.05) is 11.0 Å². The maximum Gasteiger partial charge on any atom is 0.274 e. The van der Waals surface area contributed by atoms with E-state index in [1.807, 2.05) is 12.1 Å². The highest BCUT2D eigenvalue weighted by atomic mass is 16.5. The van der Waals surface area contributed by atoms with Gasteiger partial charge in [-0.1, -0.05) is 51.7 Å². The molecule has 0 radical (unpaired) electrons. The van der Waals surface area contributed by atoms with Crippen molar-refractivity contribution in [3.05, 3.63) is 35.4 Å². The second-order valence-corrected chi connectivity index (χ2v) is 7.00. The summed E-state index contributed by atoms with van der Waals surface area (Å²) in [7, 11) is 0. The van der Waals surface area contributed by atoms with Gasteiger partial charge in [-0.25, -0.2) is 5.48 Å². The minimum Gasteiger partial charge on any atom is -0.349 e. The lowest BCUT2D eigenvalue weighted by atomic mass is 9.75. The second kappa shape index (κ2) is 8.29. The van der Waals surface area contributed by atoms with Crippen molar-refractivity contribution in [2.24, 2.45) is 5.41 Å². The molecule has 3 N–H and O–H groups in total. The molecule has 0 heterocycles. The van der Waals surface area contributed by atoms with E-state index in [1.165, 1.54) is 6.42 Å². The fourth-order valence-corrected chi connectivity index (χ4v) is 3.43. The van der Waals surface area contributed by atoms with Gasteiger partial charge in [0.05, 0.1) is 6.04 Å². The van der Waals surface area contributed by atoms with E-state index in [4.69, 9.17) is 5.21 Å². The van der Waals surface area contributed by atoms with E-state index in [0.29, 0.717) is 5.56 Å². The Kier molecular flexibility index (Phi) is 6.37. The molecule has 5 heteroatoms. The van der Waals surface area contributed by atoms with E-state index in [2.05, 4.69) is 19.2 Å². The van der Waals surface area contributed by atoms with Crippen LogP contribution < -0.4 is 10.8 Å². The number of amides is 2. The van der Waals surface area contributed by atoms with Crippen LogP contribution in [0.4, 0.5) is 0 Å². The van der Waals surface area contributed by atoms with Gasteiger partial charge in [0.25, 0.3) is 5.91 Å². The lowest BCUT2D eigenvalue weighted by Gasteiger charge is -2.34. The molecule has 1 aromatic rings.